The highest BCUT2D eigenvalue weighted by atomic mass is 35.5. The van der Waals surface area contributed by atoms with Gasteiger partial charge >= 0.3 is 6.16 Å². The monoisotopic (exact) mass is 433 g/mol. The molecule has 0 unspecified atom stereocenters. The molecule has 0 aliphatic carbocycles. The van der Waals surface area contributed by atoms with Crippen LogP contribution in [0, 0.1) is 6.92 Å². The average Bonchev–Trinajstić information content (AvgIpc) is 2.72. The lowest BCUT2D eigenvalue weighted by atomic mass is 10.0. The standard InChI is InChI=1S/C24H32ClNO4/c1-3-4-5-6-13-29-23-18(2)15-21(16-22(23)25)20-10-8-19(9-11-20)17-26-12-7-14-30-24(27)28/h8-11,15-16,26H,3-7,12-14,17H2,1-2H3,(H,27,28). The minimum Gasteiger partial charge on any atom is -0.492 e. The van der Waals surface area contributed by atoms with Gasteiger partial charge in [-0.05, 0) is 60.7 Å². The van der Waals surface area contributed by atoms with E-state index in [0.29, 0.717) is 24.6 Å². The predicted molar refractivity (Wildman–Crippen MR) is 122 cm³/mol. The van der Waals surface area contributed by atoms with Crippen molar-refractivity contribution in [3.63, 3.8) is 0 Å². The van der Waals surface area contributed by atoms with E-state index in [-0.39, 0.29) is 6.61 Å². The van der Waals surface area contributed by atoms with Crippen LogP contribution in [0.25, 0.3) is 11.1 Å². The number of carboxylic acid groups (broad SMARTS) is 1. The van der Waals surface area contributed by atoms with Crippen LogP contribution in [0.5, 0.6) is 5.75 Å². The molecule has 0 radical (unpaired) electrons. The number of nitrogens with one attached hydrogen (secondary N) is 1. The van der Waals surface area contributed by atoms with E-state index in [9.17, 15) is 4.79 Å². The molecular weight excluding hydrogens is 402 g/mol. The third-order valence-corrected chi connectivity index (χ3v) is 5.09. The molecule has 0 spiro atoms. The summed E-state index contributed by atoms with van der Waals surface area (Å²) < 4.78 is 10.4. The van der Waals surface area contributed by atoms with E-state index in [0.717, 1.165) is 41.0 Å². The van der Waals surface area contributed by atoms with Gasteiger partial charge in [-0.1, -0.05) is 62.1 Å². The lowest BCUT2D eigenvalue weighted by Crippen LogP contribution is -2.17. The molecule has 0 aliphatic heterocycles. The summed E-state index contributed by atoms with van der Waals surface area (Å²) in [6, 6.07) is 12.4. The molecule has 2 rings (SSSR count). The topological polar surface area (TPSA) is 67.8 Å². The van der Waals surface area contributed by atoms with Gasteiger partial charge in [0.25, 0.3) is 0 Å². The summed E-state index contributed by atoms with van der Waals surface area (Å²) >= 11 is 6.50. The van der Waals surface area contributed by atoms with Crippen LogP contribution in [0.2, 0.25) is 5.02 Å². The van der Waals surface area contributed by atoms with Gasteiger partial charge in [-0.3, -0.25) is 0 Å². The minimum atomic E-state index is -1.23. The van der Waals surface area contributed by atoms with E-state index in [1.54, 1.807) is 0 Å². The number of aryl methyl sites for hydroxylation is 1. The van der Waals surface area contributed by atoms with Crippen molar-refractivity contribution in [1.82, 2.24) is 5.32 Å². The molecule has 0 atom stereocenters. The quantitative estimate of drug-likeness (QED) is 0.280. The fourth-order valence-corrected chi connectivity index (χ4v) is 3.51. The van der Waals surface area contributed by atoms with Crippen molar-refractivity contribution in [2.75, 3.05) is 19.8 Å². The van der Waals surface area contributed by atoms with Crippen LogP contribution < -0.4 is 10.1 Å². The number of carbonyl (C=O) groups is 1. The number of halogens is 1. The van der Waals surface area contributed by atoms with Crippen molar-refractivity contribution < 1.29 is 19.4 Å². The number of unbranched alkanes of at least 4 members (excludes halogenated alkanes) is 3. The second kappa shape index (κ2) is 13.1. The van der Waals surface area contributed by atoms with E-state index in [2.05, 4.69) is 47.3 Å². The third-order valence-electron chi connectivity index (χ3n) is 4.81. The second-order valence-electron chi connectivity index (χ2n) is 7.35. The maximum Gasteiger partial charge on any atom is 0.505 e. The molecule has 2 aromatic carbocycles. The summed E-state index contributed by atoms with van der Waals surface area (Å²) in [4.78, 5) is 10.3. The number of benzene rings is 2. The fourth-order valence-electron chi connectivity index (χ4n) is 3.19. The van der Waals surface area contributed by atoms with Crippen LogP contribution in [-0.2, 0) is 11.3 Å². The number of hydrogen-bond acceptors (Lipinski definition) is 4. The molecule has 0 saturated carbocycles. The molecule has 0 fully saturated rings. The van der Waals surface area contributed by atoms with Crippen molar-refractivity contribution in [2.45, 2.75) is 52.5 Å². The van der Waals surface area contributed by atoms with Gasteiger partial charge in [0.1, 0.15) is 5.75 Å². The Hall–Kier alpha value is -2.24. The maximum atomic E-state index is 10.3. The first kappa shape index (κ1) is 24.0. The third kappa shape index (κ3) is 8.25. The number of hydrogen-bond donors (Lipinski definition) is 2. The average molecular weight is 434 g/mol. The molecule has 0 aromatic heterocycles. The molecule has 5 nitrogen and oxygen atoms in total. The van der Waals surface area contributed by atoms with Crippen LogP contribution in [0.15, 0.2) is 36.4 Å². The van der Waals surface area contributed by atoms with E-state index >= 15 is 0 Å². The van der Waals surface area contributed by atoms with Gasteiger partial charge < -0.3 is 19.9 Å². The van der Waals surface area contributed by atoms with Crippen LogP contribution in [0.1, 0.15) is 50.2 Å². The Morgan fingerprint density at radius 2 is 1.80 bits per heavy atom. The molecule has 0 aliphatic rings. The first-order chi connectivity index (χ1) is 14.5. The van der Waals surface area contributed by atoms with E-state index in [1.807, 2.05) is 13.0 Å². The highest BCUT2D eigenvalue weighted by Crippen LogP contribution is 2.34. The Kier molecular flexibility index (Phi) is 10.5. The van der Waals surface area contributed by atoms with Crippen LogP contribution in [0.4, 0.5) is 4.79 Å². The smallest absolute Gasteiger partial charge is 0.492 e. The summed E-state index contributed by atoms with van der Waals surface area (Å²) in [5, 5.41) is 12.4. The number of rotatable bonds is 13. The van der Waals surface area contributed by atoms with Gasteiger partial charge in [-0.15, -0.1) is 0 Å². The summed E-state index contributed by atoms with van der Waals surface area (Å²) in [7, 11) is 0. The SMILES string of the molecule is CCCCCCOc1c(C)cc(-c2ccc(CNCCCOC(=O)O)cc2)cc1Cl. The maximum absolute atomic E-state index is 10.3. The summed E-state index contributed by atoms with van der Waals surface area (Å²) in [6.45, 7) is 6.55. The molecular formula is C24H32ClNO4. The zero-order valence-corrected chi connectivity index (χ0v) is 18.6. The van der Waals surface area contributed by atoms with Crippen LogP contribution in [-0.4, -0.2) is 31.0 Å². The first-order valence-corrected chi connectivity index (χ1v) is 11.0. The Morgan fingerprint density at radius 3 is 2.47 bits per heavy atom. The summed E-state index contributed by atoms with van der Waals surface area (Å²) in [5.74, 6) is 0.782. The van der Waals surface area contributed by atoms with Crippen molar-refractivity contribution in [3.8, 4) is 16.9 Å². The molecule has 6 heteroatoms. The summed E-state index contributed by atoms with van der Waals surface area (Å²) in [5.41, 5.74) is 4.38. The van der Waals surface area contributed by atoms with Gasteiger partial charge in [-0.25, -0.2) is 4.79 Å². The Balaban J connectivity index is 1.87. The van der Waals surface area contributed by atoms with E-state index in [4.69, 9.17) is 21.4 Å². The Bertz CT molecular complexity index is 769. The Morgan fingerprint density at radius 1 is 1.03 bits per heavy atom. The van der Waals surface area contributed by atoms with Gasteiger partial charge in [-0.2, -0.15) is 0 Å². The first-order valence-electron chi connectivity index (χ1n) is 10.6. The predicted octanol–water partition coefficient (Wildman–Crippen LogP) is 6.45. The molecule has 0 heterocycles. The molecule has 164 valence electrons. The van der Waals surface area contributed by atoms with Crippen LogP contribution >= 0.6 is 11.6 Å². The lowest BCUT2D eigenvalue weighted by Gasteiger charge is -2.13. The van der Waals surface area contributed by atoms with Gasteiger partial charge in [0, 0.05) is 6.54 Å². The normalized spacial score (nSPS) is 10.8. The molecule has 2 aromatic rings. The molecule has 2 N–H and O–H groups in total. The van der Waals surface area contributed by atoms with Crippen molar-refractivity contribution >= 4 is 17.8 Å². The fraction of sp³-hybridized carbons (Fsp3) is 0.458. The molecule has 30 heavy (non-hydrogen) atoms. The van der Waals surface area contributed by atoms with E-state index < -0.39 is 6.16 Å². The van der Waals surface area contributed by atoms with Gasteiger partial charge in [0.05, 0.1) is 18.2 Å². The van der Waals surface area contributed by atoms with Crippen molar-refractivity contribution in [1.29, 1.82) is 0 Å². The second-order valence-corrected chi connectivity index (χ2v) is 7.76. The zero-order valence-electron chi connectivity index (χ0n) is 17.9. The van der Waals surface area contributed by atoms with Crippen molar-refractivity contribution in [3.05, 3.63) is 52.5 Å². The van der Waals surface area contributed by atoms with Gasteiger partial charge in [0.15, 0.2) is 0 Å². The van der Waals surface area contributed by atoms with Crippen LogP contribution in [0.3, 0.4) is 0 Å². The summed E-state index contributed by atoms with van der Waals surface area (Å²) in [6.07, 6.45) is 4.10. The lowest BCUT2D eigenvalue weighted by molar-refractivity contribution is 0.0906. The Labute approximate surface area is 184 Å². The zero-order chi connectivity index (χ0) is 21.8. The molecule has 0 amide bonds. The number of ether oxygens (including phenoxy) is 2. The van der Waals surface area contributed by atoms with Crippen molar-refractivity contribution in [2.24, 2.45) is 0 Å². The molecule has 0 saturated heterocycles. The van der Waals surface area contributed by atoms with E-state index in [1.165, 1.54) is 19.3 Å². The largest absolute Gasteiger partial charge is 0.505 e. The highest BCUT2D eigenvalue weighted by Gasteiger charge is 2.10. The minimum absolute atomic E-state index is 0.208. The van der Waals surface area contributed by atoms with Gasteiger partial charge in [0.2, 0.25) is 0 Å². The highest BCUT2D eigenvalue weighted by molar-refractivity contribution is 6.32. The molecule has 0 bridgehead atoms.